The maximum atomic E-state index is 12.7. The van der Waals surface area contributed by atoms with E-state index in [1.807, 2.05) is 0 Å². The van der Waals surface area contributed by atoms with Gasteiger partial charge in [0.2, 0.25) is 0 Å². The number of nitrogens with one attached hydrogen (secondary N) is 2. The zero-order chi connectivity index (χ0) is 20.9. The molecule has 0 unspecified atom stereocenters. The Hall–Kier alpha value is -1.40. The number of likely N-dealkylation sites (tertiary alicyclic amines) is 1. The van der Waals surface area contributed by atoms with Crippen molar-refractivity contribution in [3.8, 4) is 0 Å². The first-order valence-corrected chi connectivity index (χ1v) is 10.5. The highest BCUT2D eigenvalue weighted by atomic mass is 127. The number of hydrogen-bond donors (Lipinski definition) is 2. The predicted molar refractivity (Wildman–Crippen MR) is 125 cm³/mol. The van der Waals surface area contributed by atoms with Gasteiger partial charge in [-0.05, 0) is 30.9 Å². The number of halogens is 4. The lowest BCUT2D eigenvalue weighted by atomic mass is 10.0. The molecule has 0 saturated carbocycles. The van der Waals surface area contributed by atoms with Crippen LogP contribution < -0.4 is 10.6 Å². The summed E-state index contributed by atoms with van der Waals surface area (Å²) in [5.41, 5.74) is 1.83. The van der Waals surface area contributed by atoms with Crippen molar-refractivity contribution in [1.82, 2.24) is 20.5 Å². The Bertz CT molecular complexity index is 832. The Morgan fingerprint density at radius 2 is 1.97 bits per heavy atom. The molecular formula is C20H27F3IN5S. The molecule has 0 amide bonds. The number of rotatable bonds is 5. The maximum absolute atomic E-state index is 12.7. The fourth-order valence-electron chi connectivity index (χ4n) is 3.33. The Labute approximate surface area is 196 Å². The summed E-state index contributed by atoms with van der Waals surface area (Å²) in [7, 11) is 1.66. The number of guanidine groups is 1. The van der Waals surface area contributed by atoms with Gasteiger partial charge in [-0.15, -0.1) is 35.3 Å². The lowest BCUT2D eigenvalue weighted by Gasteiger charge is -2.33. The van der Waals surface area contributed by atoms with Gasteiger partial charge >= 0.3 is 6.18 Å². The zero-order valence-electron chi connectivity index (χ0n) is 17.0. The molecule has 0 spiro atoms. The smallest absolute Gasteiger partial charge is 0.354 e. The SMILES string of the molecule is CN=C(NCc1nc(C(F)(F)F)cs1)NC1CCN(Cc2ccccc2C)CC1.I. The van der Waals surface area contributed by atoms with Gasteiger partial charge in [-0.25, -0.2) is 4.98 Å². The summed E-state index contributed by atoms with van der Waals surface area (Å²) in [6.07, 6.45) is -2.43. The van der Waals surface area contributed by atoms with Crippen molar-refractivity contribution in [2.75, 3.05) is 20.1 Å². The van der Waals surface area contributed by atoms with Crippen molar-refractivity contribution in [3.05, 3.63) is 51.5 Å². The number of hydrogen-bond acceptors (Lipinski definition) is 4. The molecule has 0 bridgehead atoms. The monoisotopic (exact) mass is 553 g/mol. The van der Waals surface area contributed by atoms with E-state index in [2.05, 4.69) is 56.7 Å². The Morgan fingerprint density at radius 3 is 2.57 bits per heavy atom. The molecule has 1 aliphatic heterocycles. The lowest BCUT2D eigenvalue weighted by Crippen LogP contribution is -2.48. The fraction of sp³-hybridized carbons (Fsp3) is 0.500. The fourth-order valence-corrected chi connectivity index (χ4v) is 4.07. The van der Waals surface area contributed by atoms with Crippen molar-refractivity contribution in [2.45, 2.75) is 45.1 Å². The van der Waals surface area contributed by atoms with Crippen LogP contribution in [0.1, 0.15) is 34.7 Å². The minimum atomic E-state index is -4.40. The van der Waals surface area contributed by atoms with Gasteiger partial charge in [0.25, 0.3) is 0 Å². The van der Waals surface area contributed by atoms with Crippen LogP contribution in [-0.2, 0) is 19.3 Å². The Kier molecular flexibility index (Phi) is 9.35. The number of benzene rings is 1. The third-order valence-corrected chi connectivity index (χ3v) is 5.91. The van der Waals surface area contributed by atoms with E-state index in [1.54, 1.807) is 7.05 Å². The summed E-state index contributed by atoms with van der Waals surface area (Å²) in [5.74, 6) is 0.589. The van der Waals surface area contributed by atoms with Gasteiger partial charge in [0.15, 0.2) is 11.7 Å². The van der Waals surface area contributed by atoms with E-state index in [0.29, 0.717) is 11.0 Å². The number of nitrogens with zero attached hydrogens (tertiary/aromatic N) is 3. The van der Waals surface area contributed by atoms with Crippen molar-refractivity contribution >= 4 is 41.3 Å². The highest BCUT2D eigenvalue weighted by Crippen LogP contribution is 2.29. The molecule has 0 aliphatic carbocycles. The average Bonchev–Trinajstić information content (AvgIpc) is 3.18. The lowest BCUT2D eigenvalue weighted by molar-refractivity contribution is -0.140. The van der Waals surface area contributed by atoms with Crippen molar-refractivity contribution in [1.29, 1.82) is 0 Å². The first-order valence-electron chi connectivity index (χ1n) is 9.61. The van der Waals surface area contributed by atoms with Gasteiger partial charge in [0.1, 0.15) is 5.01 Å². The average molecular weight is 553 g/mol. The molecule has 0 radical (unpaired) electrons. The van der Waals surface area contributed by atoms with Crippen LogP contribution in [0.3, 0.4) is 0 Å². The molecule has 2 N–H and O–H groups in total. The second-order valence-electron chi connectivity index (χ2n) is 7.17. The van der Waals surface area contributed by atoms with Gasteiger partial charge in [0.05, 0.1) is 6.54 Å². The van der Waals surface area contributed by atoms with Crippen LogP contribution in [-0.4, -0.2) is 42.0 Å². The first-order chi connectivity index (χ1) is 13.8. The van der Waals surface area contributed by atoms with E-state index in [1.165, 1.54) is 11.1 Å². The molecule has 166 valence electrons. The van der Waals surface area contributed by atoms with Crippen LogP contribution in [0, 0.1) is 6.92 Å². The Morgan fingerprint density at radius 1 is 1.27 bits per heavy atom. The second kappa shape index (κ2) is 11.3. The third kappa shape index (κ3) is 7.09. The van der Waals surface area contributed by atoms with E-state index in [4.69, 9.17) is 0 Å². The number of thiazole rings is 1. The molecule has 1 aliphatic rings. The van der Waals surface area contributed by atoms with E-state index in [9.17, 15) is 13.2 Å². The van der Waals surface area contributed by atoms with Crippen LogP contribution in [0.5, 0.6) is 0 Å². The summed E-state index contributed by atoms with van der Waals surface area (Å²) in [4.78, 5) is 10.3. The van der Waals surface area contributed by atoms with Crippen LogP contribution in [0.15, 0.2) is 34.6 Å². The third-order valence-electron chi connectivity index (χ3n) is 5.06. The van der Waals surface area contributed by atoms with Crippen LogP contribution >= 0.6 is 35.3 Å². The molecule has 10 heteroatoms. The van der Waals surface area contributed by atoms with Gasteiger partial charge in [-0.1, -0.05) is 24.3 Å². The summed E-state index contributed by atoms with van der Waals surface area (Å²) < 4.78 is 38.0. The molecule has 1 saturated heterocycles. The molecular weight excluding hydrogens is 526 g/mol. The summed E-state index contributed by atoms with van der Waals surface area (Å²) in [6, 6.07) is 8.74. The maximum Gasteiger partial charge on any atom is 0.434 e. The second-order valence-corrected chi connectivity index (χ2v) is 8.11. The van der Waals surface area contributed by atoms with Gasteiger partial charge in [-0.3, -0.25) is 9.89 Å². The van der Waals surface area contributed by atoms with E-state index in [-0.39, 0.29) is 36.6 Å². The highest BCUT2D eigenvalue weighted by molar-refractivity contribution is 14.0. The highest BCUT2D eigenvalue weighted by Gasteiger charge is 2.33. The molecule has 2 heterocycles. The molecule has 30 heavy (non-hydrogen) atoms. The number of aryl methyl sites for hydroxylation is 1. The molecule has 0 atom stereocenters. The van der Waals surface area contributed by atoms with Crippen molar-refractivity contribution < 1.29 is 13.2 Å². The molecule has 1 aromatic carbocycles. The van der Waals surface area contributed by atoms with Crippen LogP contribution in [0.2, 0.25) is 0 Å². The number of aliphatic imine (C=N–C) groups is 1. The normalized spacial score (nSPS) is 16.2. The number of piperidine rings is 1. The molecule has 3 rings (SSSR count). The minimum Gasteiger partial charge on any atom is -0.354 e. The topological polar surface area (TPSA) is 52.6 Å². The zero-order valence-corrected chi connectivity index (χ0v) is 20.1. The quantitative estimate of drug-likeness (QED) is 0.327. The predicted octanol–water partition coefficient (Wildman–Crippen LogP) is 4.42. The van der Waals surface area contributed by atoms with E-state index < -0.39 is 11.9 Å². The van der Waals surface area contributed by atoms with Crippen molar-refractivity contribution in [3.63, 3.8) is 0 Å². The van der Waals surface area contributed by atoms with Crippen LogP contribution in [0.25, 0.3) is 0 Å². The first kappa shape index (κ1) is 24.9. The number of aromatic nitrogens is 1. The van der Waals surface area contributed by atoms with E-state index in [0.717, 1.165) is 49.2 Å². The molecule has 2 aromatic rings. The summed E-state index contributed by atoms with van der Waals surface area (Å²) in [6.45, 7) is 5.29. The molecule has 5 nitrogen and oxygen atoms in total. The van der Waals surface area contributed by atoms with Gasteiger partial charge < -0.3 is 10.6 Å². The van der Waals surface area contributed by atoms with Crippen molar-refractivity contribution in [2.24, 2.45) is 4.99 Å². The number of alkyl halides is 3. The summed E-state index contributed by atoms with van der Waals surface area (Å²) in [5, 5.41) is 7.86. The largest absolute Gasteiger partial charge is 0.434 e. The molecule has 1 aromatic heterocycles. The van der Waals surface area contributed by atoms with E-state index >= 15 is 0 Å². The van der Waals surface area contributed by atoms with Gasteiger partial charge in [0, 0.05) is 38.1 Å². The standard InChI is InChI=1S/C20H26F3N5S.HI/c1-14-5-3-4-6-15(14)12-28-9-7-16(8-10-28)26-19(24-2)25-11-18-27-17(13-29-18)20(21,22)23;/h3-6,13,16H,7-12H2,1-2H3,(H2,24,25,26);1H. The molecule has 1 fully saturated rings. The minimum absolute atomic E-state index is 0. The van der Waals surface area contributed by atoms with Crippen LogP contribution in [0.4, 0.5) is 13.2 Å². The summed E-state index contributed by atoms with van der Waals surface area (Å²) >= 11 is 0.994. The van der Waals surface area contributed by atoms with Gasteiger partial charge in [-0.2, -0.15) is 13.2 Å². The Balaban J connectivity index is 0.00000320.